The summed E-state index contributed by atoms with van der Waals surface area (Å²) < 4.78 is 6.73. The van der Waals surface area contributed by atoms with Crippen molar-refractivity contribution >= 4 is 41.1 Å². The predicted molar refractivity (Wildman–Crippen MR) is 108 cm³/mol. The Balaban J connectivity index is 1.84. The SMILES string of the molecule is COc1ccc(O)cc1CC1CNC(=O)CN(Sc2ccc(Cl)cc2N)C1=O. The number of ether oxygens (including phenoxy) is 1. The number of halogens is 1. The zero-order valence-electron chi connectivity index (χ0n) is 15.1. The van der Waals surface area contributed by atoms with Crippen LogP contribution in [0, 0.1) is 5.92 Å². The second-order valence-corrected chi connectivity index (χ2v) is 7.85. The molecule has 1 heterocycles. The fourth-order valence-electron chi connectivity index (χ4n) is 2.94. The van der Waals surface area contributed by atoms with Gasteiger partial charge in [0.2, 0.25) is 11.8 Å². The third kappa shape index (κ3) is 4.63. The van der Waals surface area contributed by atoms with Crippen molar-refractivity contribution in [3.05, 3.63) is 47.0 Å². The quantitative estimate of drug-likeness (QED) is 0.506. The lowest BCUT2D eigenvalue weighted by Crippen LogP contribution is -2.33. The number of aromatic hydroxyl groups is 1. The monoisotopic (exact) mass is 421 g/mol. The number of nitrogen functional groups attached to an aromatic ring is 1. The number of nitrogens with one attached hydrogen (secondary N) is 1. The van der Waals surface area contributed by atoms with E-state index in [0.29, 0.717) is 33.3 Å². The van der Waals surface area contributed by atoms with Crippen LogP contribution in [0.15, 0.2) is 41.3 Å². The van der Waals surface area contributed by atoms with E-state index in [0.717, 1.165) is 11.9 Å². The Morgan fingerprint density at radius 1 is 1.32 bits per heavy atom. The summed E-state index contributed by atoms with van der Waals surface area (Å²) in [5, 5.41) is 13.0. The molecule has 4 N–H and O–H groups in total. The first kappa shape index (κ1) is 20.2. The van der Waals surface area contributed by atoms with Gasteiger partial charge in [-0.2, -0.15) is 0 Å². The highest BCUT2D eigenvalue weighted by Gasteiger charge is 2.32. The molecule has 0 spiro atoms. The molecule has 1 aliphatic rings. The number of nitrogens with two attached hydrogens (primary N) is 1. The Hall–Kier alpha value is -2.58. The van der Waals surface area contributed by atoms with Crippen LogP contribution in [-0.2, 0) is 16.0 Å². The molecule has 1 fully saturated rings. The lowest BCUT2D eigenvalue weighted by molar-refractivity contribution is -0.131. The Morgan fingerprint density at radius 3 is 2.82 bits per heavy atom. The van der Waals surface area contributed by atoms with E-state index in [1.165, 1.54) is 17.5 Å². The third-order valence-corrected chi connectivity index (χ3v) is 5.67. The van der Waals surface area contributed by atoms with E-state index in [-0.39, 0.29) is 30.7 Å². The average Bonchev–Trinajstić information content (AvgIpc) is 2.78. The number of hydrogen-bond acceptors (Lipinski definition) is 6. The topological polar surface area (TPSA) is 105 Å². The number of carbonyl (C=O) groups is 2. The second kappa shape index (κ2) is 8.62. The van der Waals surface area contributed by atoms with Crippen LogP contribution in [-0.4, -0.2) is 41.4 Å². The van der Waals surface area contributed by atoms with Crippen molar-refractivity contribution in [1.29, 1.82) is 0 Å². The summed E-state index contributed by atoms with van der Waals surface area (Å²) in [6.45, 7) is 0.114. The van der Waals surface area contributed by atoms with Crippen LogP contribution in [0.1, 0.15) is 5.56 Å². The normalized spacial score (nSPS) is 17.2. The van der Waals surface area contributed by atoms with Crippen LogP contribution in [0.25, 0.3) is 0 Å². The number of rotatable bonds is 5. The van der Waals surface area contributed by atoms with E-state index in [4.69, 9.17) is 22.1 Å². The Labute approximate surface area is 171 Å². The minimum atomic E-state index is -0.511. The molecule has 7 nitrogen and oxygen atoms in total. The molecule has 2 aromatic carbocycles. The van der Waals surface area contributed by atoms with Crippen molar-refractivity contribution < 1.29 is 19.4 Å². The number of hydrogen-bond donors (Lipinski definition) is 3. The van der Waals surface area contributed by atoms with E-state index in [2.05, 4.69) is 5.32 Å². The summed E-state index contributed by atoms with van der Waals surface area (Å²) in [5.74, 6) is -0.312. The highest BCUT2D eigenvalue weighted by atomic mass is 35.5. The van der Waals surface area contributed by atoms with Gasteiger partial charge in [-0.15, -0.1) is 0 Å². The molecule has 2 amide bonds. The first-order valence-electron chi connectivity index (χ1n) is 8.54. The molecule has 0 aliphatic carbocycles. The third-order valence-electron chi connectivity index (χ3n) is 4.34. The van der Waals surface area contributed by atoms with E-state index in [1.807, 2.05) is 0 Å². The number of carbonyl (C=O) groups excluding carboxylic acids is 2. The highest BCUT2D eigenvalue weighted by Crippen LogP contribution is 2.33. The lowest BCUT2D eigenvalue weighted by atomic mass is 9.97. The van der Waals surface area contributed by atoms with Crippen LogP contribution in [0.3, 0.4) is 0 Å². The highest BCUT2D eigenvalue weighted by molar-refractivity contribution is 7.97. The van der Waals surface area contributed by atoms with E-state index >= 15 is 0 Å². The van der Waals surface area contributed by atoms with Gasteiger partial charge in [-0.3, -0.25) is 13.9 Å². The molecule has 1 aliphatic heterocycles. The maximum Gasteiger partial charge on any atom is 0.240 e. The number of amides is 2. The molecule has 0 saturated carbocycles. The van der Waals surface area contributed by atoms with E-state index < -0.39 is 5.92 Å². The number of nitrogens with zero attached hydrogens (tertiary/aromatic N) is 1. The number of methoxy groups -OCH3 is 1. The Bertz CT molecular complexity index is 909. The summed E-state index contributed by atoms with van der Waals surface area (Å²) >= 11 is 7.04. The number of phenolic OH excluding ortho intramolecular Hbond substituents is 1. The summed E-state index contributed by atoms with van der Waals surface area (Å²) in [4.78, 5) is 25.9. The van der Waals surface area contributed by atoms with Gasteiger partial charge in [0.1, 0.15) is 18.0 Å². The van der Waals surface area contributed by atoms with Crippen molar-refractivity contribution in [2.75, 3.05) is 25.9 Å². The zero-order valence-corrected chi connectivity index (χ0v) is 16.7. The second-order valence-electron chi connectivity index (χ2n) is 6.35. The van der Waals surface area contributed by atoms with Crippen LogP contribution in [0.4, 0.5) is 5.69 Å². The summed E-state index contributed by atoms with van der Waals surface area (Å²) in [5.41, 5.74) is 7.10. The largest absolute Gasteiger partial charge is 0.508 e. The van der Waals surface area contributed by atoms with E-state index in [9.17, 15) is 14.7 Å². The molecule has 1 saturated heterocycles. The molecule has 28 heavy (non-hydrogen) atoms. The molecule has 2 aromatic rings. The number of phenols is 1. The summed E-state index contributed by atoms with van der Waals surface area (Å²) in [6.07, 6.45) is 0.309. The van der Waals surface area contributed by atoms with Crippen LogP contribution >= 0.6 is 23.5 Å². The summed E-state index contributed by atoms with van der Waals surface area (Å²) in [7, 11) is 1.53. The molecule has 1 atom stereocenters. The molecule has 1 unspecified atom stereocenters. The first-order valence-corrected chi connectivity index (χ1v) is 9.69. The molecule has 0 aromatic heterocycles. The van der Waals surface area contributed by atoms with Gasteiger partial charge in [0, 0.05) is 17.3 Å². The predicted octanol–water partition coefficient (Wildman–Crippen LogP) is 2.46. The molecule has 0 radical (unpaired) electrons. The smallest absolute Gasteiger partial charge is 0.240 e. The summed E-state index contributed by atoms with van der Waals surface area (Å²) in [6, 6.07) is 9.72. The molecular formula is C19H20ClN3O4S. The first-order chi connectivity index (χ1) is 13.4. The Kier molecular flexibility index (Phi) is 6.21. The minimum Gasteiger partial charge on any atom is -0.508 e. The molecule has 0 bridgehead atoms. The average molecular weight is 422 g/mol. The van der Waals surface area contributed by atoms with Gasteiger partial charge in [0.25, 0.3) is 0 Å². The van der Waals surface area contributed by atoms with Crippen molar-refractivity contribution in [2.24, 2.45) is 5.92 Å². The van der Waals surface area contributed by atoms with Crippen LogP contribution in [0.2, 0.25) is 5.02 Å². The molecule has 148 valence electrons. The fraction of sp³-hybridized carbons (Fsp3) is 0.263. The molecule has 9 heteroatoms. The van der Waals surface area contributed by atoms with Gasteiger partial charge in [0.15, 0.2) is 0 Å². The van der Waals surface area contributed by atoms with Crippen LogP contribution in [0.5, 0.6) is 11.5 Å². The van der Waals surface area contributed by atoms with Crippen molar-refractivity contribution in [1.82, 2.24) is 9.62 Å². The van der Waals surface area contributed by atoms with Crippen LogP contribution < -0.4 is 15.8 Å². The molecule has 3 rings (SSSR count). The van der Waals surface area contributed by atoms with Gasteiger partial charge in [-0.25, -0.2) is 0 Å². The van der Waals surface area contributed by atoms with Gasteiger partial charge in [-0.1, -0.05) is 11.6 Å². The van der Waals surface area contributed by atoms with Crippen molar-refractivity contribution in [3.8, 4) is 11.5 Å². The van der Waals surface area contributed by atoms with Gasteiger partial charge < -0.3 is 20.9 Å². The van der Waals surface area contributed by atoms with Gasteiger partial charge >= 0.3 is 0 Å². The minimum absolute atomic E-state index is 0.0841. The van der Waals surface area contributed by atoms with Gasteiger partial charge in [-0.05, 0) is 60.3 Å². The number of anilines is 1. The van der Waals surface area contributed by atoms with Gasteiger partial charge in [0.05, 0.1) is 17.9 Å². The van der Waals surface area contributed by atoms with Crippen molar-refractivity contribution in [2.45, 2.75) is 11.3 Å². The maximum absolute atomic E-state index is 13.1. The fourth-order valence-corrected chi connectivity index (χ4v) is 4.07. The Morgan fingerprint density at radius 2 is 2.11 bits per heavy atom. The van der Waals surface area contributed by atoms with E-state index in [1.54, 1.807) is 30.3 Å². The molecular weight excluding hydrogens is 402 g/mol. The van der Waals surface area contributed by atoms with Crippen molar-refractivity contribution in [3.63, 3.8) is 0 Å². The number of benzene rings is 2. The maximum atomic E-state index is 13.1. The lowest BCUT2D eigenvalue weighted by Gasteiger charge is -2.23. The standard InChI is InChI=1S/C19H20ClN3O4S/c1-27-16-4-3-14(24)7-11(16)6-12-9-22-18(25)10-23(19(12)26)28-17-5-2-13(20)8-15(17)21/h2-5,7-8,12,24H,6,9-10,21H2,1H3,(H,22,25). The zero-order chi connectivity index (χ0) is 20.3.